The number of nitrogens with one attached hydrogen (secondary N) is 1. The van der Waals surface area contributed by atoms with Gasteiger partial charge in [-0.05, 0) is 37.3 Å². The lowest BCUT2D eigenvalue weighted by Gasteiger charge is -2.36. The second-order valence-corrected chi connectivity index (χ2v) is 7.72. The van der Waals surface area contributed by atoms with Crippen molar-refractivity contribution in [3.8, 4) is 11.3 Å². The molecule has 2 aromatic rings. The minimum atomic E-state index is -0.956. The molecule has 1 aromatic heterocycles. The first-order valence-corrected chi connectivity index (χ1v) is 9.59. The average molecular weight is 405 g/mol. The number of hydrogen-bond acceptors (Lipinski definition) is 5. The van der Waals surface area contributed by atoms with Crippen molar-refractivity contribution in [1.29, 1.82) is 0 Å². The summed E-state index contributed by atoms with van der Waals surface area (Å²) in [4.78, 5) is 26.4. The van der Waals surface area contributed by atoms with Crippen LogP contribution in [0.15, 0.2) is 28.8 Å². The van der Waals surface area contributed by atoms with Gasteiger partial charge in [0.15, 0.2) is 0 Å². The summed E-state index contributed by atoms with van der Waals surface area (Å²) in [7, 11) is 0. The molecule has 0 unspecified atom stereocenters. The Morgan fingerprint density at radius 1 is 1.24 bits per heavy atom. The van der Waals surface area contributed by atoms with Crippen molar-refractivity contribution < 1.29 is 28.0 Å². The van der Waals surface area contributed by atoms with Gasteiger partial charge in [0.1, 0.15) is 17.3 Å². The van der Waals surface area contributed by atoms with E-state index in [-0.39, 0.29) is 17.0 Å². The van der Waals surface area contributed by atoms with Gasteiger partial charge in [-0.1, -0.05) is 5.16 Å². The van der Waals surface area contributed by atoms with Gasteiger partial charge >= 0.3 is 5.97 Å². The number of aromatic nitrogens is 1. The number of carbonyl (C=O) groups is 2. The molecule has 2 atom stereocenters. The molecule has 2 N–H and O–H groups in total. The van der Waals surface area contributed by atoms with Gasteiger partial charge in [0.2, 0.25) is 5.76 Å². The molecular formula is C20H21F2N3O4. The van der Waals surface area contributed by atoms with Crippen LogP contribution in [0.1, 0.15) is 29.8 Å². The zero-order valence-electron chi connectivity index (χ0n) is 15.6. The van der Waals surface area contributed by atoms with Gasteiger partial charge in [0.25, 0.3) is 5.91 Å². The summed E-state index contributed by atoms with van der Waals surface area (Å²) in [6.45, 7) is 2.01. The van der Waals surface area contributed by atoms with E-state index in [0.29, 0.717) is 25.4 Å². The maximum Gasteiger partial charge on any atom is 0.309 e. The normalized spacial score (nSPS) is 22.4. The minimum absolute atomic E-state index is 0.00555. The number of piperidine rings is 1. The lowest BCUT2D eigenvalue weighted by atomic mass is 9.91. The Labute approximate surface area is 165 Å². The van der Waals surface area contributed by atoms with E-state index in [4.69, 9.17) is 4.52 Å². The molecule has 1 saturated heterocycles. The predicted molar refractivity (Wildman–Crippen MR) is 98.0 cm³/mol. The number of likely N-dealkylation sites (tertiary alicyclic amines) is 1. The van der Waals surface area contributed by atoms with Crippen molar-refractivity contribution in [2.75, 3.05) is 19.6 Å². The molecule has 4 rings (SSSR count). The highest BCUT2D eigenvalue weighted by molar-refractivity contribution is 5.93. The van der Waals surface area contributed by atoms with E-state index in [0.717, 1.165) is 18.7 Å². The fourth-order valence-electron chi connectivity index (χ4n) is 3.72. The van der Waals surface area contributed by atoms with Gasteiger partial charge in [-0.2, -0.15) is 0 Å². The first-order valence-electron chi connectivity index (χ1n) is 9.59. The first-order chi connectivity index (χ1) is 13.9. The molecule has 29 heavy (non-hydrogen) atoms. The zero-order chi connectivity index (χ0) is 20.5. The van der Waals surface area contributed by atoms with Crippen LogP contribution in [-0.2, 0) is 4.79 Å². The maximum atomic E-state index is 13.9. The van der Waals surface area contributed by atoms with Crippen LogP contribution >= 0.6 is 0 Å². The van der Waals surface area contributed by atoms with Gasteiger partial charge in [0.05, 0.1) is 5.92 Å². The Morgan fingerprint density at radius 2 is 2.03 bits per heavy atom. The molecular weight excluding hydrogens is 384 g/mol. The second kappa shape index (κ2) is 7.90. The molecule has 1 amide bonds. The Hall–Kier alpha value is -2.81. The third kappa shape index (κ3) is 4.45. The predicted octanol–water partition coefficient (Wildman–Crippen LogP) is 2.53. The van der Waals surface area contributed by atoms with Crippen molar-refractivity contribution in [1.82, 2.24) is 15.4 Å². The third-order valence-corrected chi connectivity index (χ3v) is 5.48. The summed E-state index contributed by atoms with van der Waals surface area (Å²) in [5, 5.41) is 16.0. The van der Waals surface area contributed by atoms with Gasteiger partial charge in [-0.15, -0.1) is 0 Å². The largest absolute Gasteiger partial charge is 0.481 e. The molecule has 1 aromatic carbocycles. The number of carbonyl (C=O) groups excluding carboxylic acids is 1. The van der Waals surface area contributed by atoms with Gasteiger partial charge in [-0.25, -0.2) is 8.78 Å². The monoisotopic (exact) mass is 405 g/mol. The topological polar surface area (TPSA) is 95.7 Å². The standard InChI is InChI=1S/C20H21F2N3O4/c21-12-3-4-13(15(22)7-12)17-8-18(29-24-17)19(26)23-16-5-6-25(9-11-1-2-11)10-14(16)20(27)28/h3-4,7-8,11,14,16H,1-2,5-6,9-10H2,(H,23,26)(H,27,28)/t14-,16-/m0/s1. The molecule has 2 fully saturated rings. The molecule has 7 nitrogen and oxygen atoms in total. The van der Waals surface area contributed by atoms with E-state index < -0.39 is 35.5 Å². The van der Waals surface area contributed by atoms with Gasteiger partial charge in [0, 0.05) is 43.4 Å². The number of rotatable bonds is 6. The van der Waals surface area contributed by atoms with Crippen molar-refractivity contribution >= 4 is 11.9 Å². The number of nitrogens with zero attached hydrogens (tertiary/aromatic N) is 2. The molecule has 0 radical (unpaired) electrons. The number of halogens is 2. The van der Waals surface area contributed by atoms with Crippen LogP contribution < -0.4 is 5.32 Å². The molecule has 1 saturated carbocycles. The van der Waals surface area contributed by atoms with Crippen LogP contribution in [0, 0.1) is 23.5 Å². The van der Waals surface area contributed by atoms with E-state index in [2.05, 4.69) is 15.4 Å². The van der Waals surface area contributed by atoms with E-state index >= 15 is 0 Å². The summed E-state index contributed by atoms with van der Waals surface area (Å²) in [6.07, 6.45) is 2.90. The highest BCUT2D eigenvalue weighted by Gasteiger charge is 2.37. The Balaban J connectivity index is 1.43. The number of carboxylic acid groups (broad SMARTS) is 1. The fraction of sp³-hybridized carbons (Fsp3) is 0.450. The van der Waals surface area contributed by atoms with Gasteiger partial charge < -0.3 is 19.8 Å². The van der Waals surface area contributed by atoms with Crippen molar-refractivity contribution in [2.45, 2.75) is 25.3 Å². The molecule has 0 spiro atoms. The molecule has 1 aliphatic carbocycles. The first kappa shape index (κ1) is 19.5. The molecule has 2 heterocycles. The highest BCUT2D eigenvalue weighted by Crippen LogP contribution is 2.31. The lowest BCUT2D eigenvalue weighted by molar-refractivity contribution is -0.144. The van der Waals surface area contributed by atoms with Crippen LogP contribution in [0.3, 0.4) is 0 Å². The highest BCUT2D eigenvalue weighted by atomic mass is 19.1. The van der Waals surface area contributed by atoms with E-state index in [1.54, 1.807) is 0 Å². The SMILES string of the molecule is O=C(N[C@H]1CCN(CC2CC2)C[C@@H]1C(=O)O)c1cc(-c2ccc(F)cc2F)no1. The molecule has 2 aliphatic rings. The molecule has 0 bridgehead atoms. The smallest absolute Gasteiger partial charge is 0.309 e. The van der Waals surface area contributed by atoms with Crippen LogP contribution in [0.4, 0.5) is 8.78 Å². The minimum Gasteiger partial charge on any atom is -0.481 e. The summed E-state index contributed by atoms with van der Waals surface area (Å²) in [6, 6.07) is 3.73. The van der Waals surface area contributed by atoms with Crippen LogP contribution in [0.5, 0.6) is 0 Å². The van der Waals surface area contributed by atoms with Gasteiger partial charge in [-0.3, -0.25) is 9.59 Å². The van der Waals surface area contributed by atoms with E-state index in [1.165, 1.54) is 25.0 Å². The summed E-state index contributed by atoms with van der Waals surface area (Å²) in [5.41, 5.74) is 0.0627. The maximum absolute atomic E-state index is 13.9. The Bertz CT molecular complexity index is 928. The molecule has 9 heteroatoms. The van der Waals surface area contributed by atoms with Crippen molar-refractivity contribution in [3.05, 3.63) is 41.7 Å². The third-order valence-electron chi connectivity index (χ3n) is 5.48. The van der Waals surface area contributed by atoms with Crippen LogP contribution in [0.25, 0.3) is 11.3 Å². The summed E-state index contributed by atoms with van der Waals surface area (Å²) in [5.74, 6) is -3.33. The van der Waals surface area contributed by atoms with Crippen molar-refractivity contribution in [2.24, 2.45) is 11.8 Å². The number of amides is 1. The summed E-state index contributed by atoms with van der Waals surface area (Å²) >= 11 is 0. The quantitative estimate of drug-likeness (QED) is 0.767. The number of hydrogen-bond donors (Lipinski definition) is 2. The van der Waals surface area contributed by atoms with Crippen LogP contribution in [-0.4, -0.2) is 52.7 Å². The van der Waals surface area contributed by atoms with Crippen LogP contribution in [0.2, 0.25) is 0 Å². The second-order valence-electron chi connectivity index (χ2n) is 7.72. The lowest BCUT2D eigenvalue weighted by Crippen LogP contribution is -2.53. The Kier molecular flexibility index (Phi) is 5.31. The summed E-state index contributed by atoms with van der Waals surface area (Å²) < 4.78 is 32.0. The zero-order valence-corrected chi connectivity index (χ0v) is 15.6. The number of carboxylic acids is 1. The fourth-order valence-corrected chi connectivity index (χ4v) is 3.72. The Morgan fingerprint density at radius 3 is 2.72 bits per heavy atom. The van der Waals surface area contributed by atoms with Crippen molar-refractivity contribution in [3.63, 3.8) is 0 Å². The molecule has 154 valence electrons. The average Bonchev–Trinajstić information content (AvgIpc) is 3.35. The molecule has 1 aliphatic heterocycles. The number of aliphatic carboxylic acids is 1. The van der Waals surface area contributed by atoms with E-state index in [9.17, 15) is 23.5 Å². The van der Waals surface area contributed by atoms with E-state index in [1.807, 2.05) is 0 Å². The number of benzene rings is 1.